The summed E-state index contributed by atoms with van der Waals surface area (Å²) in [6.07, 6.45) is 9.67. The predicted octanol–water partition coefficient (Wildman–Crippen LogP) is 6.48. The number of likely N-dealkylation sites (N-methyl/N-ethyl adjacent to an activating group) is 1. The maximum atomic E-state index is 15.0. The van der Waals surface area contributed by atoms with Gasteiger partial charge in [-0.05, 0) is 48.6 Å². The lowest BCUT2D eigenvalue weighted by molar-refractivity contribution is 0.132. The second kappa shape index (κ2) is 11.2. The lowest BCUT2D eigenvalue weighted by atomic mass is 9.98. The van der Waals surface area contributed by atoms with E-state index in [9.17, 15) is 4.39 Å². The number of thiophene rings is 1. The van der Waals surface area contributed by atoms with Gasteiger partial charge in [-0.1, -0.05) is 37.4 Å². The summed E-state index contributed by atoms with van der Waals surface area (Å²) in [5.41, 5.74) is 3.31. The Morgan fingerprint density at radius 2 is 1.82 bits per heavy atom. The second-order valence-electron chi connectivity index (χ2n) is 10.1. The average molecular weight is 552 g/mol. The normalized spacial score (nSPS) is 17.4. The van der Waals surface area contributed by atoms with Gasteiger partial charge in [0.2, 0.25) is 5.95 Å². The van der Waals surface area contributed by atoms with E-state index in [-0.39, 0.29) is 11.6 Å². The molecule has 1 saturated carbocycles. The fourth-order valence-corrected chi connectivity index (χ4v) is 7.15. The molecule has 4 aromatic heterocycles. The first kappa shape index (κ1) is 25.6. The molecule has 0 aromatic carbocycles. The van der Waals surface area contributed by atoms with Crippen molar-refractivity contribution in [3.63, 3.8) is 0 Å². The van der Waals surface area contributed by atoms with E-state index in [2.05, 4.69) is 54.1 Å². The quantitative estimate of drug-likeness (QED) is 0.282. The Hall–Kier alpha value is -2.72. The van der Waals surface area contributed by atoms with Crippen LogP contribution in [0.4, 0.5) is 16.2 Å². The lowest BCUT2D eigenvalue weighted by Crippen LogP contribution is -2.45. The molecule has 0 unspecified atom stereocenters. The fraction of sp³-hybridized carbons (Fsp3) is 0.429. The Kier molecular flexibility index (Phi) is 7.52. The number of anilines is 2. The number of nitrogens with zero attached hydrogens (tertiary/aromatic N) is 6. The Labute approximate surface area is 231 Å². The van der Waals surface area contributed by atoms with Crippen molar-refractivity contribution in [2.75, 3.05) is 38.0 Å². The summed E-state index contributed by atoms with van der Waals surface area (Å²) in [6, 6.07) is 6.05. The van der Waals surface area contributed by atoms with Crippen molar-refractivity contribution in [3.05, 3.63) is 58.8 Å². The zero-order valence-corrected chi connectivity index (χ0v) is 23.0. The molecule has 1 aliphatic carbocycles. The number of hydrogen-bond acceptors (Lipinski definition) is 8. The molecule has 38 heavy (non-hydrogen) atoms. The van der Waals surface area contributed by atoms with Gasteiger partial charge in [-0.25, -0.2) is 19.3 Å². The molecule has 1 saturated heterocycles. The number of rotatable bonds is 7. The number of aromatic nitrogens is 4. The van der Waals surface area contributed by atoms with Crippen molar-refractivity contribution in [2.24, 2.45) is 0 Å². The minimum absolute atomic E-state index is 0.177. The van der Waals surface area contributed by atoms with Gasteiger partial charge in [0, 0.05) is 45.1 Å². The first-order valence-electron chi connectivity index (χ1n) is 13.4. The molecule has 0 atom stereocenters. The van der Waals surface area contributed by atoms with Gasteiger partial charge in [-0.15, -0.1) is 11.3 Å². The van der Waals surface area contributed by atoms with Crippen LogP contribution in [0.1, 0.15) is 49.7 Å². The largest absolute Gasteiger partial charge is 0.309 e. The smallest absolute Gasteiger partial charge is 0.229 e. The van der Waals surface area contributed by atoms with Crippen molar-refractivity contribution < 1.29 is 4.39 Å². The molecule has 7 nitrogen and oxygen atoms in total. The van der Waals surface area contributed by atoms with Crippen LogP contribution >= 0.6 is 22.9 Å². The summed E-state index contributed by atoms with van der Waals surface area (Å²) in [5.74, 6) is 0.869. The molecular formula is C28H31ClFN7S. The standard InChI is InChI=1S/C28H31ClFN7S/c1-2-36-11-13-37(14-12-36)17-18-7-8-22(32-15-18)34-28-33-16-21(30)24(35-28)27-23(29)25-26(38-27)20(9-10-31-25)19-5-3-4-6-19/h7-10,15-16,19H,2-6,11-14,17H2,1H3,(H,32,33,34,35). The minimum Gasteiger partial charge on any atom is -0.309 e. The maximum Gasteiger partial charge on any atom is 0.229 e. The third kappa shape index (κ3) is 5.25. The highest BCUT2D eigenvalue weighted by Gasteiger charge is 2.25. The predicted molar refractivity (Wildman–Crippen MR) is 152 cm³/mol. The van der Waals surface area contributed by atoms with Gasteiger partial charge in [0.05, 0.1) is 20.8 Å². The van der Waals surface area contributed by atoms with E-state index in [0.29, 0.717) is 21.6 Å². The van der Waals surface area contributed by atoms with Crippen LogP contribution in [0.25, 0.3) is 20.8 Å². The molecule has 0 bridgehead atoms. The van der Waals surface area contributed by atoms with E-state index in [1.807, 2.05) is 18.5 Å². The summed E-state index contributed by atoms with van der Waals surface area (Å²) in [5, 5.41) is 3.56. The van der Waals surface area contributed by atoms with Crippen LogP contribution in [0.15, 0.2) is 36.8 Å². The van der Waals surface area contributed by atoms with Crippen molar-refractivity contribution in [2.45, 2.75) is 45.1 Å². The maximum absolute atomic E-state index is 15.0. The molecule has 4 aromatic rings. The molecule has 10 heteroatoms. The molecule has 0 spiro atoms. The Bertz CT molecular complexity index is 1410. The number of halogens is 2. The number of nitrogens with one attached hydrogen (secondary N) is 1. The highest BCUT2D eigenvalue weighted by atomic mass is 35.5. The summed E-state index contributed by atoms with van der Waals surface area (Å²) in [6.45, 7) is 8.54. The second-order valence-corrected chi connectivity index (χ2v) is 11.5. The van der Waals surface area contributed by atoms with Crippen LogP contribution in [0.3, 0.4) is 0 Å². The Morgan fingerprint density at radius 1 is 1.03 bits per heavy atom. The molecule has 5 heterocycles. The molecule has 0 amide bonds. The fourth-order valence-electron chi connectivity index (χ4n) is 5.51. The van der Waals surface area contributed by atoms with Crippen LogP contribution in [0.2, 0.25) is 5.02 Å². The Balaban J connectivity index is 1.20. The molecule has 6 rings (SSSR count). The van der Waals surface area contributed by atoms with E-state index in [0.717, 1.165) is 55.0 Å². The number of hydrogen-bond donors (Lipinski definition) is 1. The highest BCUT2D eigenvalue weighted by molar-refractivity contribution is 7.23. The van der Waals surface area contributed by atoms with Gasteiger partial charge in [0.1, 0.15) is 17.0 Å². The van der Waals surface area contributed by atoms with Crippen LogP contribution in [-0.4, -0.2) is 62.5 Å². The van der Waals surface area contributed by atoms with Gasteiger partial charge < -0.3 is 10.2 Å². The summed E-state index contributed by atoms with van der Waals surface area (Å²) < 4.78 is 16.0. The van der Waals surface area contributed by atoms with Gasteiger partial charge in [0.25, 0.3) is 0 Å². The van der Waals surface area contributed by atoms with Crippen LogP contribution in [-0.2, 0) is 6.54 Å². The lowest BCUT2D eigenvalue weighted by Gasteiger charge is -2.33. The molecule has 2 aliphatic rings. The number of pyridine rings is 2. The summed E-state index contributed by atoms with van der Waals surface area (Å²) in [4.78, 5) is 23.2. The molecule has 198 valence electrons. The molecule has 1 N–H and O–H groups in total. The topological polar surface area (TPSA) is 70.1 Å². The van der Waals surface area contributed by atoms with E-state index >= 15 is 0 Å². The van der Waals surface area contributed by atoms with Gasteiger partial charge >= 0.3 is 0 Å². The van der Waals surface area contributed by atoms with E-state index < -0.39 is 5.82 Å². The van der Waals surface area contributed by atoms with E-state index in [1.54, 1.807) is 0 Å². The number of fused-ring (bicyclic) bond motifs is 1. The third-order valence-corrected chi connectivity index (χ3v) is 9.40. The zero-order chi connectivity index (χ0) is 26.1. The first-order valence-corrected chi connectivity index (χ1v) is 14.5. The minimum atomic E-state index is -0.516. The summed E-state index contributed by atoms with van der Waals surface area (Å²) >= 11 is 8.21. The van der Waals surface area contributed by atoms with Crippen molar-refractivity contribution >= 4 is 44.9 Å². The SMILES string of the molecule is CCN1CCN(Cc2ccc(Nc3ncc(F)c(-c4sc5c(C6CCCC6)ccnc5c4Cl)n3)nc2)CC1. The van der Waals surface area contributed by atoms with Gasteiger partial charge in [0.15, 0.2) is 5.82 Å². The van der Waals surface area contributed by atoms with Crippen LogP contribution in [0.5, 0.6) is 0 Å². The monoisotopic (exact) mass is 551 g/mol. The van der Waals surface area contributed by atoms with Gasteiger partial charge in [-0.2, -0.15) is 0 Å². The van der Waals surface area contributed by atoms with Crippen LogP contribution in [0, 0.1) is 5.82 Å². The van der Waals surface area contributed by atoms with Crippen molar-refractivity contribution in [1.29, 1.82) is 0 Å². The summed E-state index contributed by atoms with van der Waals surface area (Å²) in [7, 11) is 0. The zero-order valence-electron chi connectivity index (χ0n) is 21.5. The van der Waals surface area contributed by atoms with E-state index in [1.165, 1.54) is 48.8 Å². The highest BCUT2D eigenvalue weighted by Crippen LogP contribution is 2.46. The van der Waals surface area contributed by atoms with Gasteiger partial charge in [-0.3, -0.25) is 9.88 Å². The van der Waals surface area contributed by atoms with Crippen molar-refractivity contribution in [1.82, 2.24) is 29.7 Å². The molecular weight excluding hydrogens is 521 g/mol. The first-order chi connectivity index (χ1) is 18.6. The van der Waals surface area contributed by atoms with E-state index in [4.69, 9.17) is 11.6 Å². The molecule has 1 aliphatic heterocycles. The average Bonchev–Trinajstić information content (AvgIpc) is 3.60. The Morgan fingerprint density at radius 3 is 2.55 bits per heavy atom. The molecule has 2 fully saturated rings. The van der Waals surface area contributed by atoms with Crippen molar-refractivity contribution in [3.8, 4) is 10.6 Å². The third-order valence-electron chi connectivity index (χ3n) is 7.68. The van der Waals surface area contributed by atoms with Crippen LogP contribution < -0.4 is 5.32 Å². The molecule has 0 radical (unpaired) electrons. The number of piperazine rings is 1.